The van der Waals surface area contributed by atoms with Crippen LogP contribution in [0, 0.1) is 0 Å². The summed E-state index contributed by atoms with van der Waals surface area (Å²) in [6, 6.07) is 8.60. The Hall–Kier alpha value is -2.83. The Morgan fingerprint density at radius 2 is 1.92 bits per heavy atom. The number of hydrogen-bond acceptors (Lipinski definition) is 5. The van der Waals surface area contributed by atoms with Crippen molar-refractivity contribution in [3.8, 4) is 0 Å². The van der Waals surface area contributed by atoms with Crippen molar-refractivity contribution < 1.29 is 23.9 Å². The third-order valence-electron chi connectivity index (χ3n) is 4.24. The van der Waals surface area contributed by atoms with Crippen molar-refractivity contribution in [2.45, 2.75) is 51.0 Å². The molecule has 0 aliphatic carbocycles. The summed E-state index contributed by atoms with van der Waals surface area (Å²) in [4.78, 5) is 35.5. The number of carbonyl (C=O) groups is 3. The summed E-state index contributed by atoms with van der Waals surface area (Å²) in [5.74, 6) is -1.31. The van der Waals surface area contributed by atoms with E-state index in [2.05, 4.69) is 10.6 Å². The van der Waals surface area contributed by atoms with Gasteiger partial charge in [0.1, 0.15) is 11.8 Å². The van der Waals surface area contributed by atoms with Crippen LogP contribution in [0.1, 0.15) is 32.3 Å². The summed E-state index contributed by atoms with van der Waals surface area (Å²) in [6.07, 6.45) is 2.56. The summed E-state index contributed by atoms with van der Waals surface area (Å²) in [5, 5.41) is 5.56. The highest BCUT2D eigenvalue weighted by Gasteiger charge is 2.40. The van der Waals surface area contributed by atoms with E-state index in [0.717, 1.165) is 5.56 Å². The third-order valence-corrected chi connectivity index (χ3v) is 4.24. The molecule has 2 atom stereocenters. The molecule has 0 saturated carbocycles. The fraction of sp³-hybridized carbons (Fsp3) is 0.421. The first-order chi connectivity index (χ1) is 12.3. The van der Waals surface area contributed by atoms with Crippen molar-refractivity contribution in [1.29, 1.82) is 0 Å². The van der Waals surface area contributed by atoms with Crippen LogP contribution in [0.2, 0.25) is 0 Å². The highest BCUT2D eigenvalue weighted by Crippen LogP contribution is 2.26. The summed E-state index contributed by atoms with van der Waals surface area (Å²) in [7, 11) is 0. The first kappa shape index (κ1) is 18.0. The maximum Gasteiger partial charge on any atom is 0.337 e. The van der Waals surface area contributed by atoms with Gasteiger partial charge in [-0.3, -0.25) is 9.59 Å². The molecule has 7 heteroatoms. The molecular weight excluding hydrogens is 336 g/mol. The molecule has 26 heavy (non-hydrogen) atoms. The normalized spacial score (nSPS) is 23.7. The lowest BCUT2D eigenvalue weighted by Gasteiger charge is -2.38. The van der Waals surface area contributed by atoms with Crippen molar-refractivity contribution in [3.05, 3.63) is 47.7 Å². The molecule has 2 heterocycles. The largest absolute Gasteiger partial charge is 0.457 e. The molecule has 3 rings (SSSR count). The average Bonchev–Trinajstić information content (AvgIpc) is 2.55. The van der Waals surface area contributed by atoms with Gasteiger partial charge in [0.05, 0.1) is 18.5 Å². The van der Waals surface area contributed by atoms with Crippen LogP contribution in [-0.2, 0) is 30.3 Å². The van der Waals surface area contributed by atoms with Gasteiger partial charge in [-0.25, -0.2) is 4.79 Å². The van der Waals surface area contributed by atoms with Gasteiger partial charge in [-0.15, -0.1) is 0 Å². The average molecular weight is 358 g/mol. The van der Waals surface area contributed by atoms with Gasteiger partial charge in [-0.1, -0.05) is 30.3 Å². The Morgan fingerprint density at radius 1 is 1.19 bits per heavy atom. The van der Waals surface area contributed by atoms with Gasteiger partial charge in [0, 0.05) is 20.3 Å². The lowest BCUT2D eigenvalue weighted by Crippen LogP contribution is -2.69. The molecule has 0 bridgehead atoms. The summed E-state index contributed by atoms with van der Waals surface area (Å²) >= 11 is 0. The number of hydrogen-bond donors (Lipinski definition) is 2. The van der Waals surface area contributed by atoms with Crippen LogP contribution in [0.3, 0.4) is 0 Å². The zero-order valence-corrected chi connectivity index (χ0v) is 14.8. The van der Waals surface area contributed by atoms with Crippen LogP contribution in [0.15, 0.2) is 42.2 Å². The first-order valence-electron chi connectivity index (χ1n) is 8.59. The molecule has 1 fully saturated rings. The van der Waals surface area contributed by atoms with Crippen LogP contribution in [-0.4, -0.2) is 35.7 Å². The molecule has 7 nitrogen and oxygen atoms in total. The molecule has 1 unspecified atom stereocenters. The molecule has 0 radical (unpaired) electrons. The summed E-state index contributed by atoms with van der Waals surface area (Å²) in [6.45, 7) is 3.32. The van der Waals surface area contributed by atoms with E-state index >= 15 is 0 Å². The number of nitrogens with one attached hydrogen (secondary N) is 2. The monoisotopic (exact) mass is 358 g/mol. The zero-order valence-electron chi connectivity index (χ0n) is 14.8. The van der Waals surface area contributed by atoms with E-state index in [1.165, 1.54) is 6.08 Å². The van der Waals surface area contributed by atoms with Gasteiger partial charge >= 0.3 is 5.97 Å². The minimum Gasteiger partial charge on any atom is -0.457 e. The van der Waals surface area contributed by atoms with Gasteiger partial charge in [-0.05, 0) is 12.0 Å². The second kappa shape index (κ2) is 7.19. The van der Waals surface area contributed by atoms with Crippen molar-refractivity contribution in [3.63, 3.8) is 0 Å². The van der Waals surface area contributed by atoms with Crippen molar-refractivity contribution in [2.24, 2.45) is 0 Å². The molecular formula is C19H22N2O5. The minimum atomic E-state index is -0.993. The van der Waals surface area contributed by atoms with E-state index in [-0.39, 0.29) is 24.3 Å². The van der Waals surface area contributed by atoms with E-state index in [1.54, 1.807) is 13.8 Å². The Labute approximate surface area is 151 Å². The number of rotatable bonds is 6. The predicted octanol–water partition coefficient (Wildman–Crippen LogP) is 1.19. The van der Waals surface area contributed by atoms with Gasteiger partial charge in [0.25, 0.3) is 0 Å². The van der Waals surface area contributed by atoms with E-state index in [9.17, 15) is 14.4 Å². The Kier molecular flexibility index (Phi) is 4.97. The standard InChI is InChI=1S/C19H22N2O5/c1-19(2)25-13(11-16(23)26-19)8-9-14-17(18(24)20-14)21-15(22)10-12-6-4-3-5-7-12/h3-7,11,14,17H,8-10H2,1-2H3,(H,20,24)(H,21,22)/t14?,17-/m0/s1. The Morgan fingerprint density at radius 3 is 2.58 bits per heavy atom. The fourth-order valence-electron chi connectivity index (χ4n) is 3.04. The molecule has 1 aromatic rings. The quantitative estimate of drug-likeness (QED) is 0.588. The smallest absolute Gasteiger partial charge is 0.337 e. The first-order valence-corrected chi connectivity index (χ1v) is 8.59. The van der Waals surface area contributed by atoms with Crippen LogP contribution < -0.4 is 10.6 Å². The third kappa shape index (κ3) is 4.41. The molecule has 2 amide bonds. The number of amides is 2. The molecule has 0 aromatic heterocycles. The second-order valence-corrected chi connectivity index (χ2v) is 6.89. The van der Waals surface area contributed by atoms with Gasteiger partial charge in [0.2, 0.25) is 17.6 Å². The van der Waals surface area contributed by atoms with Gasteiger partial charge in [-0.2, -0.15) is 0 Å². The number of ether oxygens (including phenoxy) is 2. The lowest BCUT2D eigenvalue weighted by atomic mass is 9.93. The summed E-state index contributed by atoms with van der Waals surface area (Å²) in [5.41, 5.74) is 0.891. The van der Waals surface area contributed by atoms with E-state index in [4.69, 9.17) is 9.47 Å². The maximum atomic E-state index is 12.2. The van der Waals surface area contributed by atoms with Crippen LogP contribution in [0.25, 0.3) is 0 Å². The molecule has 1 saturated heterocycles. The van der Waals surface area contributed by atoms with Crippen LogP contribution >= 0.6 is 0 Å². The van der Waals surface area contributed by atoms with E-state index < -0.39 is 17.8 Å². The number of allylic oxidation sites excluding steroid dienone is 1. The van der Waals surface area contributed by atoms with Gasteiger partial charge < -0.3 is 20.1 Å². The molecule has 2 aliphatic heterocycles. The highest BCUT2D eigenvalue weighted by molar-refractivity contribution is 5.93. The topological polar surface area (TPSA) is 93.7 Å². The maximum absolute atomic E-state index is 12.2. The zero-order chi connectivity index (χ0) is 18.7. The van der Waals surface area contributed by atoms with E-state index in [1.807, 2.05) is 30.3 Å². The molecule has 2 aliphatic rings. The van der Waals surface area contributed by atoms with Crippen molar-refractivity contribution in [2.75, 3.05) is 0 Å². The molecule has 0 spiro atoms. The SMILES string of the molecule is CC1(C)OC(=O)C=C(CCC2NC(=O)[C@H]2NC(=O)Cc2ccccc2)O1. The second-order valence-electron chi connectivity index (χ2n) is 6.89. The lowest BCUT2D eigenvalue weighted by molar-refractivity contribution is -0.206. The number of cyclic esters (lactones) is 1. The van der Waals surface area contributed by atoms with Crippen LogP contribution in [0.5, 0.6) is 0 Å². The highest BCUT2D eigenvalue weighted by atomic mass is 16.7. The Balaban J connectivity index is 1.51. The van der Waals surface area contributed by atoms with Gasteiger partial charge in [0.15, 0.2) is 0 Å². The molecule has 1 aromatic carbocycles. The summed E-state index contributed by atoms with van der Waals surface area (Å²) < 4.78 is 10.6. The number of benzene rings is 1. The minimum absolute atomic E-state index is 0.187. The molecule has 138 valence electrons. The van der Waals surface area contributed by atoms with Crippen molar-refractivity contribution >= 4 is 17.8 Å². The van der Waals surface area contributed by atoms with Crippen LogP contribution in [0.4, 0.5) is 0 Å². The Bertz CT molecular complexity index is 742. The fourth-order valence-corrected chi connectivity index (χ4v) is 3.04. The van der Waals surface area contributed by atoms with Crippen molar-refractivity contribution in [1.82, 2.24) is 10.6 Å². The number of esters is 1. The number of β-lactam (4-membered cyclic amide) rings is 1. The van der Waals surface area contributed by atoms with E-state index in [0.29, 0.717) is 18.6 Å². The number of carbonyl (C=O) groups excluding carboxylic acids is 3. The molecule has 2 N–H and O–H groups in total. The predicted molar refractivity (Wildman–Crippen MR) is 92.6 cm³/mol.